The highest BCUT2D eigenvalue weighted by molar-refractivity contribution is 7.99. The zero-order chi connectivity index (χ0) is 13.2. The Balaban J connectivity index is 2.10. The van der Waals surface area contributed by atoms with Gasteiger partial charge in [-0.25, -0.2) is 0 Å². The summed E-state index contributed by atoms with van der Waals surface area (Å²) in [5, 5.41) is 12.1. The summed E-state index contributed by atoms with van der Waals surface area (Å²) in [6, 6.07) is 7.59. The normalized spacial score (nSPS) is 10.3. The molecule has 1 aromatic carbocycles. The van der Waals surface area contributed by atoms with Crippen molar-refractivity contribution >= 4 is 29.3 Å². The Morgan fingerprint density at radius 2 is 2.00 bits per heavy atom. The third kappa shape index (κ3) is 6.89. The van der Waals surface area contributed by atoms with Crippen LogP contribution in [0.2, 0.25) is 5.02 Å². The van der Waals surface area contributed by atoms with Gasteiger partial charge in [0.15, 0.2) is 0 Å². The molecule has 1 amide bonds. The summed E-state index contributed by atoms with van der Waals surface area (Å²) in [5.74, 6) is 0.822. The fourth-order valence-corrected chi connectivity index (χ4v) is 2.32. The Morgan fingerprint density at radius 1 is 1.28 bits per heavy atom. The SMILES string of the molecule is O=C(CCSc1ccc(Cl)cc1)NCCCCO. The second kappa shape index (κ2) is 9.25. The molecule has 0 atom stereocenters. The molecular weight excluding hydrogens is 270 g/mol. The molecule has 0 fully saturated rings. The van der Waals surface area contributed by atoms with Crippen LogP contribution in [0.15, 0.2) is 29.2 Å². The molecule has 1 aromatic rings. The molecule has 0 saturated heterocycles. The van der Waals surface area contributed by atoms with Crippen molar-refractivity contribution in [1.82, 2.24) is 5.32 Å². The Labute approximate surface area is 117 Å². The van der Waals surface area contributed by atoms with E-state index in [-0.39, 0.29) is 12.5 Å². The average Bonchev–Trinajstić information content (AvgIpc) is 2.37. The number of carbonyl (C=O) groups excluding carboxylic acids is 1. The van der Waals surface area contributed by atoms with E-state index < -0.39 is 0 Å². The number of rotatable bonds is 8. The second-order valence-corrected chi connectivity index (χ2v) is 5.44. The molecule has 0 bridgehead atoms. The molecule has 5 heteroatoms. The number of aliphatic hydroxyl groups excluding tert-OH is 1. The summed E-state index contributed by atoms with van der Waals surface area (Å²) in [5.41, 5.74) is 0. The number of hydrogen-bond donors (Lipinski definition) is 2. The van der Waals surface area contributed by atoms with E-state index in [0.717, 1.165) is 28.5 Å². The second-order valence-electron chi connectivity index (χ2n) is 3.83. The van der Waals surface area contributed by atoms with Gasteiger partial charge in [-0.2, -0.15) is 0 Å². The third-order valence-electron chi connectivity index (χ3n) is 2.32. The first kappa shape index (κ1) is 15.3. The number of halogens is 1. The highest BCUT2D eigenvalue weighted by Gasteiger charge is 2.01. The molecule has 18 heavy (non-hydrogen) atoms. The van der Waals surface area contributed by atoms with E-state index in [0.29, 0.717) is 13.0 Å². The lowest BCUT2D eigenvalue weighted by atomic mass is 10.3. The van der Waals surface area contributed by atoms with Crippen LogP contribution < -0.4 is 5.32 Å². The summed E-state index contributed by atoms with van der Waals surface area (Å²) < 4.78 is 0. The molecule has 0 heterocycles. The van der Waals surface area contributed by atoms with Gasteiger partial charge in [0, 0.05) is 35.2 Å². The van der Waals surface area contributed by atoms with E-state index >= 15 is 0 Å². The molecule has 0 aromatic heterocycles. The standard InChI is InChI=1S/C13H18ClNO2S/c14-11-3-5-12(6-4-11)18-10-7-13(17)15-8-1-2-9-16/h3-6,16H,1-2,7-10H2,(H,15,17). The zero-order valence-electron chi connectivity index (χ0n) is 10.2. The van der Waals surface area contributed by atoms with Crippen LogP contribution in [0.25, 0.3) is 0 Å². The van der Waals surface area contributed by atoms with Crippen LogP contribution in [-0.2, 0) is 4.79 Å². The quantitative estimate of drug-likeness (QED) is 0.571. The number of amides is 1. The molecule has 0 radical (unpaired) electrons. The van der Waals surface area contributed by atoms with Crippen molar-refractivity contribution < 1.29 is 9.90 Å². The lowest BCUT2D eigenvalue weighted by Crippen LogP contribution is -2.24. The minimum atomic E-state index is 0.0643. The van der Waals surface area contributed by atoms with Crippen molar-refractivity contribution in [3.8, 4) is 0 Å². The van der Waals surface area contributed by atoms with Gasteiger partial charge in [-0.15, -0.1) is 11.8 Å². The summed E-state index contributed by atoms with van der Waals surface area (Å²) in [7, 11) is 0. The number of hydrogen-bond acceptors (Lipinski definition) is 3. The molecule has 0 saturated carbocycles. The van der Waals surface area contributed by atoms with Gasteiger partial charge < -0.3 is 10.4 Å². The van der Waals surface area contributed by atoms with Gasteiger partial charge in [0.2, 0.25) is 5.91 Å². The summed E-state index contributed by atoms with van der Waals surface area (Å²) in [6.45, 7) is 0.827. The molecule has 2 N–H and O–H groups in total. The predicted octanol–water partition coefficient (Wildman–Crippen LogP) is 2.71. The maximum Gasteiger partial charge on any atom is 0.220 e. The monoisotopic (exact) mass is 287 g/mol. The van der Waals surface area contributed by atoms with Crippen molar-refractivity contribution in [3.63, 3.8) is 0 Å². The number of thioether (sulfide) groups is 1. The minimum Gasteiger partial charge on any atom is -0.396 e. The number of aliphatic hydroxyl groups is 1. The Kier molecular flexibility index (Phi) is 7.89. The number of unbranched alkanes of at least 4 members (excludes halogenated alkanes) is 1. The average molecular weight is 288 g/mol. The maximum absolute atomic E-state index is 11.4. The molecule has 0 aliphatic carbocycles. The predicted molar refractivity (Wildman–Crippen MR) is 76.1 cm³/mol. The Hall–Kier alpha value is -0.710. The van der Waals surface area contributed by atoms with Gasteiger partial charge in [0.25, 0.3) is 0 Å². The van der Waals surface area contributed by atoms with Crippen molar-refractivity contribution in [2.24, 2.45) is 0 Å². The van der Waals surface area contributed by atoms with Crippen LogP contribution in [-0.4, -0.2) is 29.9 Å². The van der Waals surface area contributed by atoms with E-state index in [1.54, 1.807) is 11.8 Å². The van der Waals surface area contributed by atoms with Crippen LogP contribution in [0.4, 0.5) is 0 Å². The van der Waals surface area contributed by atoms with E-state index in [1.165, 1.54) is 0 Å². The van der Waals surface area contributed by atoms with E-state index in [4.69, 9.17) is 16.7 Å². The van der Waals surface area contributed by atoms with Crippen LogP contribution >= 0.6 is 23.4 Å². The minimum absolute atomic E-state index is 0.0643. The Morgan fingerprint density at radius 3 is 2.67 bits per heavy atom. The summed E-state index contributed by atoms with van der Waals surface area (Å²) >= 11 is 7.43. The fourth-order valence-electron chi connectivity index (χ4n) is 1.35. The largest absolute Gasteiger partial charge is 0.396 e. The molecule has 0 unspecified atom stereocenters. The van der Waals surface area contributed by atoms with E-state index in [2.05, 4.69) is 5.32 Å². The zero-order valence-corrected chi connectivity index (χ0v) is 11.8. The molecule has 1 rings (SSSR count). The maximum atomic E-state index is 11.4. The molecule has 0 aliphatic rings. The van der Waals surface area contributed by atoms with Gasteiger partial charge >= 0.3 is 0 Å². The van der Waals surface area contributed by atoms with Crippen molar-refractivity contribution in [3.05, 3.63) is 29.3 Å². The van der Waals surface area contributed by atoms with Gasteiger partial charge in [0.05, 0.1) is 0 Å². The molecular formula is C13H18ClNO2S. The van der Waals surface area contributed by atoms with Crippen molar-refractivity contribution in [2.75, 3.05) is 18.9 Å². The molecule has 100 valence electrons. The van der Waals surface area contributed by atoms with Crippen LogP contribution in [0, 0.1) is 0 Å². The number of benzene rings is 1. The van der Waals surface area contributed by atoms with E-state index in [9.17, 15) is 4.79 Å². The first-order valence-corrected chi connectivity index (χ1v) is 7.34. The summed E-state index contributed by atoms with van der Waals surface area (Å²) in [4.78, 5) is 12.6. The number of nitrogens with one attached hydrogen (secondary N) is 1. The van der Waals surface area contributed by atoms with Crippen molar-refractivity contribution in [1.29, 1.82) is 0 Å². The highest BCUT2D eigenvalue weighted by atomic mass is 35.5. The van der Waals surface area contributed by atoms with Crippen LogP contribution in [0.3, 0.4) is 0 Å². The lowest BCUT2D eigenvalue weighted by molar-refractivity contribution is -0.120. The Bertz CT molecular complexity index is 357. The van der Waals surface area contributed by atoms with E-state index in [1.807, 2.05) is 24.3 Å². The van der Waals surface area contributed by atoms with Crippen molar-refractivity contribution in [2.45, 2.75) is 24.2 Å². The van der Waals surface area contributed by atoms with Gasteiger partial charge in [-0.05, 0) is 37.1 Å². The highest BCUT2D eigenvalue weighted by Crippen LogP contribution is 2.20. The number of carbonyl (C=O) groups is 1. The molecule has 0 spiro atoms. The van der Waals surface area contributed by atoms with Gasteiger partial charge in [0.1, 0.15) is 0 Å². The van der Waals surface area contributed by atoms with Crippen LogP contribution in [0.5, 0.6) is 0 Å². The first-order valence-electron chi connectivity index (χ1n) is 5.98. The topological polar surface area (TPSA) is 49.3 Å². The molecule has 3 nitrogen and oxygen atoms in total. The smallest absolute Gasteiger partial charge is 0.220 e. The lowest BCUT2D eigenvalue weighted by Gasteiger charge is -2.04. The fraction of sp³-hybridized carbons (Fsp3) is 0.462. The van der Waals surface area contributed by atoms with Gasteiger partial charge in [-0.3, -0.25) is 4.79 Å². The third-order valence-corrected chi connectivity index (χ3v) is 3.58. The van der Waals surface area contributed by atoms with Gasteiger partial charge in [-0.1, -0.05) is 11.6 Å². The molecule has 0 aliphatic heterocycles. The first-order chi connectivity index (χ1) is 8.72. The van der Waals surface area contributed by atoms with Crippen LogP contribution in [0.1, 0.15) is 19.3 Å². The summed E-state index contributed by atoms with van der Waals surface area (Å²) in [6.07, 6.45) is 2.07.